The van der Waals surface area contributed by atoms with Gasteiger partial charge in [-0.25, -0.2) is 0 Å². The Morgan fingerprint density at radius 2 is 2.40 bits per heavy atom. The molecule has 0 aliphatic carbocycles. The van der Waals surface area contributed by atoms with E-state index in [1.807, 2.05) is 26.2 Å². The van der Waals surface area contributed by atoms with Crippen LogP contribution in [-0.4, -0.2) is 15.0 Å². The maximum absolute atomic E-state index is 6.01. The molecule has 0 spiro atoms. The fraction of sp³-hybridized carbons (Fsp3) is 0.400. The van der Waals surface area contributed by atoms with E-state index in [9.17, 15) is 0 Å². The zero-order chi connectivity index (χ0) is 10.8. The maximum Gasteiger partial charge on any atom is 0.101 e. The van der Waals surface area contributed by atoms with Gasteiger partial charge in [0.1, 0.15) is 5.76 Å². The molecule has 5 heteroatoms. The molecule has 2 rings (SSSR count). The van der Waals surface area contributed by atoms with Gasteiger partial charge in [-0.2, -0.15) is 0 Å². The van der Waals surface area contributed by atoms with Gasteiger partial charge >= 0.3 is 0 Å². The average Bonchev–Trinajstić information content (AvgIpc) is 2.75. The van der Waals surface area contributed by atoms with Crippen molar-refractivity contribution in [2.75, 3.05) is 0 Å². The fourth-order valence-corrected chi connectivity index (χ4v) is 1.49. The van der Waals surface area contributed by atoms with Gasteiger partial charge in [-0.1, -0.05) is 5.21 Å². The number of aryl methyl sites for hydroxylation is 2. The Bertz CT molecular complexity index is 446. The molecular formula is C10H14N4O. The summed E-state index contributed by atoms with van der Waals surface area (Å²) in [6, 6.07) is 1.86. The molecule has 0 radical (unpaired) electrons. The van der Waals surface area contributed by atoms with Gasteiger partial charge in [-0.15, -0.1) is 5.10 Å². The summed E-state index contributed by atoms with van der Waals surface area (Å²) < 4.78 is 6.88. The Kier molecular flexibility index (Phi) is 2.55. The van der Waals surface area contributed by atoms with Crippen molar-refractivity contribution < 1.29 is 4.42 Å². The third-order valence-corrected chi connectivity index (χ3v) is 2.26. The van der Waals surface area contributed by atoms with Crippen LogP contribution in [0.2, 0.25) is 0 Å². The fourth-order valence-electron chi connectivity index (χ4n) is 1.49. The van der Waals surface area contributed by atoms with Crippen LogP contribution in [0.4, 0.5) is 0 Å². The zero-order valence-corrected chi connectivity index (χ0v) is 8.84. The van der Waals surface area contributed by atoms with E-state index in [0.29, 0.717) is 6.42 Å². The molecule has 2 N–H and O–H groups in total. The number of aromatic nitrogens is 3. The first-order valence-electron chi connectivity index (χ1n) is 4.81. The van der Waals surface area contributed by atoms with Crippen molar-refractivity contribution in [3.05, 3.63) is 35.5 Å². The number of hydrogen-bond acceptors (Lipinski definition) is 4. The molecule has 0 bridgehead atoms. The minimum Gasteiger partial charge on any atom is -0.469 e. The molecule has 0 amide bonds. The Morgan fingerprint density at radius 1 is 1.60 bits per heavy atom. The van der Waals surface area contributed by atoms with Crippen molar-refractivity contribution in [3.8, 4) is 0 Å². The summed E-state index contributed by atoms with van der Waals surface area (Å²) in [7, 11) is 1.84. The van der Waals surface area contributed by atoms with E-state index < -0.39 is 0 Å². The minimum atomic E-state index is -0.0841. The average molecular weight is 206 g/mol. The van der Waals surface area contributed by atoms with E-state index in [1.54, 1.807) is 10.9 Å². The number of nitrogens with two attached hydrogens (primary N) is 1. The van der Waals surface area contributed by atoms with Gasteiger partial charge in [-0.3, -0.25) is 4.68 Å². The molecule has 1 atom stereocenters. The Labute approximate surface area is 87.9 Å². The predicted octanol–water partition coefficient (Wildman–Crippen LogP) is 0.959. The summed E-state index contributed by atoms with van der Waals surface area (Å²) in [5.41, 5.74) is 7.90. The molecule has 0 aliphatic rings. The van der Waals surface area contributed by atoms with Crippen LogP contribution in [0.3, 0.4) is 0 Å². The summed E-state index contributed by atoms with van der Waals surface area (Å²) in [6.07, 6.45) is 4.23. The molecule has 2 heterocycles. The highest BCUT2D eigenvalue weighted by Gasteiger charge is 2.11. The van der Waals surface area contributed by atoms with Crippen molar-refractivity contribution in [2.24, 2.45) is 12.8 Å². The molecule has 0 saturated heterocycles. The van der Waals surface area contributed by atoms with E-state index in [0.717, 1.165) is 17.0 Å². The molecule has 2 aromatic heterocycles. The lowest BCUT2D eigenvalue weighted by atomic mass is 10.1. The second-order valence-electron chi connectivity index (χ2n) is 3.68. The van der Waals surface area contributed by atoms with Crippen molar-refractivity contribution in [1.29, 1.82) is 0 Å². The summed E-state index contributed by atoms with van der Waals surface area (Å²) in [5, 5.41) is 7.85. The molecule has 15 heavy (non-hydrogen) atoms. The van der Waals surface area contributed by atoms with Gasteiger partial charge in [0, 0.05) is 31.3 Å². The summed E-state index contributed by atoms with van der Waals surface area (Å²) in [5.74, 6) is 0.875. The van der Waals surface area contributed by atoms with Crippen molar-refractivity contribution in [2.45, 2.75) is 19.4 Å². The Morgan fingerprint density at radius 3 is 2.93 bits per heavy atom. The Hall–Kier alpha value is -1.62. The molecule has 0 saturated carbocycles. The second-order valence-corrected chi connectivity index (χ2v) is 3.68. The Balaban J connectivity index is 2.06. The van der Waals surface area contributed by atoms with Gasteiger partial charge in [0.05, 0.1) is 12.0 Å². The van der Waals surface area contributed by atoms with Crippen LogP contribution in [0.15, 0.2) is 22.9 Å². The lowest BCUT2D eigenvalue weighted by Gasteiger charge is -2.05. The first-order valence-corrected chi connectivity index (χ1v) is 4.81. The highest BCUT2D eigenvalue weighted by atomic mass is 16.3. The van der Waals surface area contributed by atoms with Crippen molar-refractivity contribution in [1.82, 2.24) is 15.0 Å². The van der Waals surface area contributed by atoms with Crippen molar-refractivity contribution >= 4 is 0 Å². The lowest BCUT2D eigenvalue weighted by molar-refractivity contribution is 0.528. The van der Waals surface area contributed by atoms with E-state index in [2.05, 4.69) is 10.3 Å². The number of nitrogens with zero attached hydrogens (tertiary/aromatic N) is 3. The van der Waals surface area contributed by atoms with Crippen molar-refractivity contribution in [3.63, 3.8) is 0 Å². The van der Waals surface area contributed by atoms with Crippen LogP contribution in [0.25, 0.3) is 0 Å². The number of rotatable bonds is 3. The smallest absolute Gasteiger partial charge is 0.101 e. The minimum absolute atomic E-state index is 0.0841. The van der Waals surface area contributed by atoms with E-state index >= 15 is 0 Å². The predicted molar refractivity (Wildman–Crippen MR) is 55.1 cm³/mol. The summed E-state index contributed by atoms with van der Waals surface area (Å²) in [6.45, 7) is 1.90. The molecule has 0 aliphatic heterocycles. The van der Waals surface area contributed by atoms with E-state index in [-0.39, 0.29) is 6.04 Å². The monoisotopic (exact) mass is 206 g/mol. The van der Waals surface area contributed by atoms with Crippen LogP contribution < -0.4 is 5.73 Å². The van der Waals surface area contributed by atoms with Gasteiger partial charge < -0.3 is 10.2 Å². The third kappa shape index (κ3) is 2.24. The standard InChI is InChI=1S/C10H14N4O/c1-7-3-8(6-15-7)10(11)4-9-5-14(2)13-12-9/h3,5-6,10H,4,11H2,1-2H3. The molecule has 0 fully saturated rings. The van der Waals surface area contributed by atoms with Crippen LogP contribution in [0, 0.1) is 6.92 Å². The van der Waals surface area contributed by atoms with Gasteiger partial charge in [-0.05, 0) is 13.0 Å². The first-order chi connectivity index (χ1) is 7.15. The number of hydrogen-bond donors (Lipinski definition) is 1. The molecule has 80 valence electrons. The molecule has 1 unspecified atom stereocenters. The summed E-state index contributed by atoms with van der Waals surface area (Å²) >= 11 is 0. The van der Waals surface area contributed by atoms with Gasteiger partial charge in [0.15, 0.2) is 0 Å². The largest absolute Gasteiger partial charge is 0.469 e. The zero-order valence-electron chi connectivity index (χ0n) is 8.84. The first kappa shape index (κ1) is 9.92. The third-order valence-electron chi connectivity index (χ3n) is 2.26. The maximum atomic E-state index is 6.01. The second kappa shape index (κ2) is 3.86. The van der Waals surface area contributed by atoms with E-state index in [1.165, 1.54) is 0 Å². The van der Waals surface area contributed by atoms with Gasteiger partial charge in [0.25, 0.3) is 0 Å². The van der Waals surface area contributed by atoms with Crippen LogP contribution in [0.5, 0.6) is 0 Å². The highest BCUT2D eigenvalue weighted by molar-refractivity contribution is 5.17. The quantitative estimate of drug-likeness (QED) is 0.812. The molecular weight excluding hydrogens is 192 g/mol. The normalized spacial score (nSPS) is 13.0. The highest BCUT2D eigenvalue weighted by Crippen LogP contribution is 2.17. The SMILES string of the molecule is Cc1cc(C(N)Cc2cn(C)nn2)co1. The molecule has 2 aromatic rings. The van der Waals surface area contributed by atoms with Crippen LogP contribution >= 0.6 is 0 Å². The molecule has 0 aromatic carbocycles. The van der Waals surface area contributed by atoms with Gasteiger partial charge in [0.2, 0.25) is 0 Å². The molecule has 5 nitrogen and oxygen atoms in total. The van der Waals surface area contributed by atoms with Crippen LogP contribution in [-0.2, 0) is 13.5 Å². The number of furan rings is 1. The summed E-state index contributed by atoms with van der Waals surface area (Å²) in [4.78, 5) is 0. The van der Waals surface area contributed by atoms with Crippen LogP contribution in [0.1, 0.15) is 23.1 Å². The lowest BCUT2D eigenvalue weighted by Crippen LogP contribution is -2.12. The topological polar surface area (TPSA) is 69.9 Å². The van der Waals surface area contributed by atoms with E-state index in [4.69, 9.17) is 10.2 Å².